The summed E-state index contributed by atoms with van der Waals surface area (Å²) in [7, 11) is 1.61. The maximum Gasteiger partial charge on any atom is 0.270 e. The van der Waals surface area contributed by atoms with Crippen molar-refractivity contribution in [2.45, 2.75) is 13.5 Å². The van der Waals surface area contributed by atoms with E-state index in [1.54, 1.807) is 19.4 Å². The zero-order valence-corrected chi connectivity index (χ0v) is 14.6. The minimum Gasteiger partial charge on any atom is -0.497 e. The number of carbonyl (C=O) groups is 1. The van der Waals surface area contributed by atoms with Crippen LogP contribution in [-0.2, 0) is 6.54 Å². The molecule has 0 saturated heterocycles. The van der Waals surface area contributed by atoms with Gasteiger partial charge in [-0.2, -0.15) is 0 Å². The second kappa shape index (κ2) is 8.06. The quantitative estimate of drug-likeness (QED) is 0.711. The molecular formula is C19H19N5O2. The summed E-state index contributed by atoms with van der Waals surface area (Å²) in [5.74, 6) is 0.840. The zero-order chi connectivity index (χ0) is 18.4. The monoisotopic (exact) mass is 349 g/mol. The SMILES string of the molecule is COc1ccc(Nc2nc(C)cc(C(=O)NCc3ccccn3)n2)cc1. The van der Waals surface area contributed by atoms with Crippen LogP contribution in [0, 0.1) is 6.92 Å². The molecule has 0 aliphatic carbocycles. The third-order valence-corrected chi connectivity index (χ3v) is 3.59. The van der Waals surface area contributed by atoms with Gasteiger partial charge in [-0.05, 0) is 49.4 Å². The van der Waals surface area contributed by atoms with Crippen molar-refractivity contribution in [3.8, 4) is 5.75 Å². The van der Waals surface area contributed by atoms with E-state index in [0.717, 1.165) is 17.1 Å². The van der Waals surface area contributed by atoms with Gasteiger partial charge in [0, 0.05) is 17.6 Å². The van der Waals surface area contributed by atoms with Gasteiger partial charge >= 0.3 is 0 Å². The number of aryl methyl sites for hydroxylation is 1. The minimum absolute atomic E-state index is 0.279. The maximum atomic E-state index is 12.4. The Hall–Kier alpha value is -3.48. The minimum atomic E-state index is -0.279. The molecule has 0 spiro atoms. The Kier molecular flexibility index (Phi) is 5.38. The van der Waals surface area contributed by atoms with Gasteiger partial charge in [-0.3, -0.25) is 9.78 Å². The molecule has 0 fully saturated rings. The number of anilines is 2. The highest BCUT2D eigenvalue weighted by Gasteiger charge is 2.11. The summed E-state index contributed by atoms with van der Waals surface area (Å²) in [5, 5.41) is 5.91. The number of benzene rings is 1. The van der Waals surface area contributed by atoms with Gasteiger partial charge in [0.05, 0.1) is 19.3 Å². The molecule has 0 aliphatic heterocycles. The second-order valence-corrected chi connectivity index (χ2v) is 5.58. The number of aromatic nitrogens is 3. The van der Waals surface area contributed by atoms with Crippen molar-refractivity contribution in [1.29, 1.82) is 0 Å². The molecule has 0 radical (unpaired) electrons. The van der Waals surface area contributed by atoms with Crippen LogP contribution in [0.5, 0.6) is 5.75 Å². The first-order valence-corrected chi connectivity index (χ1v) is 8.09. The van der Waals surface area contributed by atoms with Gasteiger partial charge in [0.1, 0.15) is 11.4 Å². The number of methoxy groups -OCH3 is 1. The molecular weight excluding hydrogens is 330 g/mol. The van der Waals surface area contributed by atoms with Crippen molar-refractivity contribution < 1.29 is 9.53 Å². The van der Waals surface area contributed by atoms with Gasteiger partial charge < -0.3 is 15.4 Å². The van der Waals surface area contributed by atoms with Crippen LogP contribution in [0.25, 0.3) is 0 Å². The van der Waals surface area contributed by atoms with Gasteiger partial charge in [0.2, 0.25) is 5.95 Å². The van der Waals surface area contributed by atoms with Crippen molar-refractivity contribution in [3.05, 3.63) is 71.8 Å². The fraction of sp³-hybridized carbons (Fsp3) is 0.158. The third kappa shape index (κ3) is 4.54. The molecule has 1 amide bonds. The van der Waals surface area contributed by atoms with Crippen molar-refractivity contribution in [2.75, 3.05) is 12.4 Å². The first-order chi connectivity index (χ1) is 12.6. The summed E-state index contributed by atoms with van der Waals surface area (Å²) >= 11 is 0. The summed E-state index contributed by atoms with van der Waals surface area (Å²) in [4.78, 5) is 25.2. The van der Waals surface area contributed by atoms with E-state index in [-0.39, 0.29) is 5.91 Å². The molecule has 0 aliphatic rings. The number of amides is 1. The first kappa shape index (κ1) is 17.3. The Morgan fingerprint density at radius 3 is 2.62 bits per heavy atom. The van der Waals surface area contributed by atoms with Crippen LogP contribution in [-0.4, -0.2) is 28.0 Å². The second-order valence-electron chi connectivity index (χ2n) is 5.58. The van der Waals surface area contributed by atoms with Crippen LogP contribution in [0.2, 0.25) is 0 Å². The number of rotatable bonds is 6. The average molecular weight is 349 g/mol. The fourth-order valence-electron chi connectivity index (χ4n) is 2.31. The highest BCUT2D eigenvalue weighted by molar-refractivity contribution is 5.92. The Morgan fingerprint density at radius 2 is 1.92 bits per heavy atom. The number of ether oxygens (including phenoxy) is 1. The Morgan fingerprint density at radius 1 is 1.12 bits per heavy atom. The number of pyridine rings is 1. The molecule has 26 heavy (non-hydrogen) atoms. The Labute approximate surface area is 151 Å². The van der Waals surface area contributed by atoms with Crippen molar-refractivity contribution in [2.24, 2.45) is 0 Å². The molecule has 1 aromatic carbocycles. The number of nitrogens with zero attached hydrogens (tertiary/aromatic N) is 3. The highest BCUT2D eigenvalue weighted by Crippen LogP contribution is 2.18. The summed E-state index contributed by atoms with van der Waals surface area (Å²) in [5.41, 5.74) is 2.57. The molecule has 0 saturated carbocycles. The standard InChI is InChI=1S/C19H19N5O2/c1-13-11-17(18(25)21-12-15-5-3-4-10-20-15)24-19(22-13)23-14-6-8-16(26-2)9-7-14/h3-11H,12H2,1-2H3,(H,21,25)(H,22,23,24). The molecule has 2 N–H and O–H groups in total. The molecule has 0 unspecified atom stereocenters. The number of hydrogen-bond donors (Lipinski definition) is 2. The van der Waals surface area contributed by atoms with E-state index >= 15 is 0 Å². The van der Waals surface area contributed by atoms with Crippen LogP contribution in [0.3, 0.4) is 0 Å². The summed E-state index contributed by atoms with van der Waals surface area (Å²) in [6.07, 6.45) is 1.69. The van der Waals surface area contributed by atoms with E-state index in [1.165, 1.54) is 0 Å². The molecule has 3 aromatic rings. The van der Waals surface area contributed by atoms with E-state index in [0.29, 0.717) is 23.9 Å². The largest absolute Gasteiger partial charge is 0.497 e. The van der Waals surface area contributed by atoms with E-state index in [4.69, 9.17) is 4.74 Å². The van der Waals surface area contributed by atoms with E-state index in [1.807, 2.05) is 49.4 Å². The smallest absolute Gasteiger partial charge is 0.270 e. The molecule has 2 heterocycles. The summed E-state index contributed by atoms with van der Waals surface area (Å²) in [6, 6.07) is 14.6. The van der Waals surface area contributed by atoms with Crippen LogP contribution in [0.15, 0.2) is 54.7 Å². The molecule has 132 valence electrons. The van der Waals surface area contributed by atoms with Gasteiger partial charge in [0.15, 0.2) is 0 Å². The van der Waals surface area contributed by atoms with Crippen molar-refractivity contribution in [3.63, 3.8) is 0 Å². The van der Waals surface area contributed by atoms with Crippen LogP contribution < -0.4 is 15.4 Å². The number of hydrogen-bond acceptors (Lipinski definition) is 6. The molecule has 7 nitrogen and oxygen atoms in total. The van der Waals surface area contributed by atoms with Gasteiger partial charge in [0.25, 0.3) is 5.91 Å². The third-order valence-electron chi connectivity index (χ3n) is 3.59. The number of carbonyl (C=O) groups excluding carboxylic acids is 1. The lowest BCUT2D eigenvalue weighted by molar-refractivity contribution is 0.0945. The van der Waals surface area contributed by atoms with E-state index < -0.39 is 0 Å². The first-order valence-electron chi connectivity index (χ1n) is 8.09. The van der Waals surface area contributed by atoms with Crippen molar-refractivity contribution in [1.82, 2.24) is 20.3 Å². The topological polar surface area (TPSA) is 89.0 Å². The molecule has 3 rings (SSSR count). The normalized spacial score (nSPS) is 10.2. The highest BCUT2D eigenvalue weighted by atomic mass is 16.5. The van der Waals surface area contributed by atoms with Gasteiger partial charge in [-0.25, -0.2) is 9.97 Å². The molecule has 0 bridgehead atoms. The lowest BCUT2D eigenvalue weighted by Crippen LogP contribution is -2.24. The molecule has 2 aromatic heterocycles. The van der Waals surface area contributed by atoms with Crippen LogP contribution >= 0.6 is 0 Å². The average Bonchev–Trinajstić information content (AvgIpc) is 2.67. The lowest BCUT2D eigenvalue weighted by Gasteiger charge is -2.09. The number of nitrogens with one attached hydrogen (secondary N) is 2. The van der Waals surface area contributed by atoms with E-state index in [9.17, 15) is 4.79 Å². The predicted octanol–water partition coefficient (Wildman–Crippen LogP) is 2.86. The maximum absolute atomic E-state index is 12.4. The zero-order valence-electron chi connectivity index (χ0n) is 14.6. The molecule has 7 heteroatoms. The van der Waals surface area contributed by atoms with Crippen LogP contribution in [0.4, 0.5) is 11.6 Å². The Balaban J connectivity index is 1.70. The lowest BCUT2D eigenvalue weighted by atomic mass is 10.3. The summed E-state index contributed by atoms with van der Waals surface area (Å²) < 4.78 is 5.14. The predicted molar refractivity (Wildman–Crippen MR) is 98.5 cm³/mol. The van der Waals surface area contributed by atoms with Gasteiger partial charge in [-0.1, -0.05) is 6.07 Å². The fourth-order valence-corrected chi connectivity index (χ4v) is 2.31. The Bertz CT molecular complexity index is 882. The van der Waals surface area contributed by atoms with Crippen molar-refractivity contribution >= 4 is 17.5 Å². The van der Waals surface area contributed by atoms with Gasteiger partial charge in [-0.15, -0.1) is 0 Å². The molecule has 0 atom stereocenters. The van der Waals surface area contributed by atoms with E-state index in [2.05, 4.69) is 25.6 Å². The van der Waals surface area contributed by atoms with Crippen LogP contribution in [0.1, 0.15) is 21.9 Å². The summed E-state index contributed by atoms with van der Waals surface area (Å²) in [6.45, 7) is 2.15.